The summed E-state index contributed by atoms with van der Waals surface area (Å²) in [5.74, 6) is -0.697. The fourth-order valence-electron chi connectivity index (χ4n) is 4.49. The summed E-state index contributed by atoms with van der Waals surface area (Å²) in [5, 5.41) is 2.91. The fraction of sp³-hybridized carbons (Fsp3) is 0.355. The molecule has 1 unspecified atom stereocenters. The number of nitrogens with one attached hydrogen (secondary N) is 1. The normalized spacial score (nSPS) is 12.0. The number of sulfonamides is 1. The summed E-state index contributed by atoms with van der Waals surface area (Å²) in [6.07, 6.45) is 1.16. The van der Waals surface area contributed by atoms with E-state index in [0.29, 0.717) is 18.7 Å². The first-order chi connectivity index (χ1) is 18.6. The molecule has 39 heavy (non-hydrogen) atoms. The second-order valence-electron chi connectivity index (χ2n) is 9.84. The quantitative estimate of drug-likeness (QED) is 0.339. The van der Waals surface area contributed by atoms with E-state index in [1.165, 1.54) is 17.0 Å². The van der Waals surface area contributed by atoms with Crippen LogP contribution in [0.2, 0.25) is 0 Å². The van der Waals surface area contributed by atoms with Crippen molar-refractivity contribution in [3.05, 3.63) is 95.1 Å². The molecule has 0 saturated heterocycles. The minimum absolute atomic E-state index is 0.0931. The van der Waals surface area contributed by atoms with Crippen molar-refractivity contribution in [3.63, 3.8) is 0 Å². The Balaban J connectivity index is 2.07. The second kappa shape index (κ2) is 13.4. The van der Waals surface area contributed by atoms with Gasteiger partial charge in [0, 0.05) is 13.1 Å². The van der Waals surface area contributed by atoms with Gasteiger partial charge in [-0.05, 0) is 62.9 Å². The zero-order valence-corrected chi connectivity index (χ0v) is 24.3. The van der Waals surface area contributed by atoms with Crippen LogP contribution in [0.1, 0.15) is 48.9 Å². The van der Waals surface area contributed by atoms with E-state index in [1.807, 2.05) is 71.0 Å². The van der Waals surface area contributed by atoms with Crippen molar-refractivity contribution >= 4 is 27.5 Å². The summed E-state index contributed by atoms with van der Waals surface area (Å²) in [5.41, 5.74) is 4.09. The highest BCUT2D eigenvalue weighted by Crippen LogP contribution is 2.28. The Kier molecular flexibility index (Phi) is 10.3. The number of hydrogen-bond donors (Lipinski definition) is 1. The van der Waals surface area contributed by atoms with E-state index in [2.05, 4.69) is 5.32 Å². The number of rotatable bonds is 12. The lowest BCUT2D eigenvalue weighted by Crippen LogP contribution is -2.52. The van der Waals surface area contributed by atoms with E-state index in [-0.39, 0.29) is 17.3 Å². The standard InChI is InChI=1S/C31H39N3O4S/c1-6-19-32-31(36)28(7-2)33(21-26-16-13-23(3)14-17-26)30(35)22-34(29-18-15-24(4)20-25(29)5)39(37,38)27-11-9-8-10-12-27/h8-18,20,28H,6-7,19,21-22H2,1-5H3,(H,32,36). The largest absolute Gasteiger partial charge is 0.354 e. The van der Waals surface area contributed by atoms with Crippen LogP contribution in [0.25, 0.3) is 0 Å². The highest BCUT2D eigenvalue weighted by Gasteiger charge is 2.34. The molecule has 3 aromatic carbocycles. The molecule has 7 nitrogen and oxygen atoms in total. The molecule has 0 aliphatic heterocycles. The van der Waals surface area contributed by atoms with Crippen molar-refractivity contribution < 1.29 is 18.0 Å². The molecule has 0 aromatic heterocycles. The molecule has 0 fully saturated rings. The highest BCUT2D eigenvalue weighted by atomic mass is 32.2. The molecule has 208 valence electrons. The van der Waals surface area contributed by atoms with Crippen LogP contribution in [0, 0.1) is 20.8 Å². The van der Waals surface area contributed by atoms with Gasteiger partial charge in [-0.25, -0.2) is 8.42 Å². The minimum Gasteiger partial charge on any atom is -0.354 e. The van der Waals surface area contributed by atoms with Crippen molar-refractivity contribution in [2.24, 2.45) is 0 Å². The van der Waals surface area contributed by atoms with E-state index in [1.54, 1.807) is 24.3 Å². The molecule has 0 aliphatic carbocycles. The maximum absolute atomic E-state index is 14.1. The van der Waals surface area contributed by atoms with Gasteiger partial charge in [0.15, 0.2) is 0 Å². The number of carbonyl (C=O) groups excluding carboxylic acids is 2. The molecule has 1 N–H and O–H groups in total. The highest BCUT2D eigenvalue weighted by molar-refractivity contribution is 7.92. The van der Waals surface area contributed by atoms with Crippen molar-refractivity contribution in [1.82, 2.24) is 10.2 Å². The predicted molar refractivity (Wildman–Crippen MR) is 156 cm³/mol. The van der Waals surface area contributed by atoms with Crippen molar-refractivity contribution in [2.75, 3.05) is 17.4 Å². The van der Waals surface area contributed by atoms with Crippen molar-refractivity contribution in [2.45, 2.75) is 64.9 Å². The minimum atomic E-state index is -4.08. The molecular weight excluding hydrogens is 510 g/mol. The van der Waals surface area contributed by atoms with E-state index >= 15 is 0 Å². The van der Waals surface area contributed by atoms with Crippen LogP contribution in [-0.4, -0.2) is 44.3 Å². The van der Waals surface area contributed by atoms with Gasteiger partial charge in [0.2, 0.25) is 11.8 Å². The van der Waals surface area contributed by atoms with E-state index in [9.17, 15) is 18.0 Å². The lowest BCUT2D eigenvalue weighted by atomic mass is 10.1. The van der Waals surface area contributed by atoms with Crippen molar-refractivity contribution in [3.8, 4) is 0 Å². The van der Waals surface area contributed by atoms with Gasteiger partial charge in [-0.2, -0.15) is 0 Å². The monoisotopic (exact) mass is 549 g/mol. The third kappa shape index (κ3) is 7.47. The number of amides is 2. The van der Waals surface area contributed by atoms with E-state index in [4.69, 9.17) is 0 Å². The average Bonchev–Trinajstić information content (AvgIpc) is 2.92. The molecule has 0 saturated carbocycles. The maximum atomic E-state index is 14.1. The zero-order chi connectivity index (χ0) is 28.6. The predicted octanol–water partition coefficient (Wildman–Crippen LogP) is 5.14. The maximum Gasteiger partial charge on any atom is 0.264 e. The molecule has 0 heterocycles. The van der Waals surface area contributed by atoms with Gasteiger partial charge >= 0.3 is 0 Å². The lowest BCUT2D eigenvalue weighted by molar-refractivity contribution is -0.140. The van der Waals surface area contributed by atoms with Crippen LogP contribution >= 0.6 is 0 Å². The van der Waals surface area contributed by atoms with Gasteiger partial charge in [-0.15, -0.1) is 0 Å². The first kappa shape index (κ1) is 29.9. The van der Waals surface area contributed by atoms with Crippen LogP contribution in [0.4, 0.5) is 5.69 Å². The van der Waals surface area contributed by atoms with Crippen LogP contribution in [0.15, 0.2) is 77.7 Å². The Morgan fingerprint density at radius 2 is 1.51 bits per heavy atom. The van der Waals surface area contributed by atoms with Crippen LogP contribution in [0.5, 0.6) is 0 Å². The van der Waals surface area contributed by atoms with Crippen molar-refractivity contribution in [1.29, 1.82) is 0 Å². The molecule has 2 amide bonds. The zero-order valence-electron chi connectivity index (χ0n) is 23.5. The topological polar surface area (TPSA) is 86.8 Å². The van der Waals surface area contributed by atoms with Gasteiger partial charge < -0.3 is 10.2 Å². The first-order valence-electron chi connectivity index (χ1n) is 13.4. The van der Waals surface area contributed by atoms with Crippen LogP contribution < -0.4 is 9.62 Å². The van der Waals surface area contributed by atoms with Gasteiger partial charge in [-0.1, -0.05) is 79.6 Å². The molecule has 0 radical (unpaired) electrons. The molecular formula is C31H39N3O4S. The summed E-state index contributed by atoms with van der Waals surface area (Å²) in [6.45, 7) is 9.81. The molecule has 1 atom stereocenters. The third-order valence-electron chi connectivity index (χ3n) is 6.64. The van der Waals surface area contributed by atoms with E-state index in [0.717, 1.165) is 33.0 Å². The summed E-state index contributed by atoms with van der Waals surface area (Å²) in [4.78, 5) is 28.8. The van der Waals surface area contributed by atoms with Gasteiger partial charge in [0.05, 0.1) is 10.6 Å². The Morgan fingerprint density at radius 3 is 2.10 bits per heavy atom. The molecule has 8 heteroatoms. The number of benzene rings is 3. The van der Waals surface area contributed by atoms with Gasteiger partial charge in [0.25, 0.3) is 10.0 Å². The summed E-state index contributed by atoms with van der Waals surface area (Å²) < 4.78 is 29.0. The SMILES string of the molecule is CCCNC(=O)C(CC)N(Cc1ccc(C)cc1)C(=O)CN(c1ccc(C)cc1C)S(=O)(=O)c1ccccc1. The number of anilines is 1. The molecule has 0 spiro atoms. The first-order valence-corrected chi connectivity index (χ1v) is 14.8. The second-order valence-corrected chi connectivity index (χ2v) is 11.7. The summed E-state index contributed by atoms with van der Waals surface area (Å²) in [7, 11) is -4.08. The third-order valence-corrected chi connectivity index (χ3v) is 8.41. The Labute approximate surface area is 232 Å². The van der Waals surface area contributed by atoms with Gasteiger partial charge in [0.1, 0.15) is 12.6 Å². The lowest BCUT2D eigenvalue weighted by Gasteiger charge is -2.33. The fourth-order valence-corrected chi connectivity index (χ4v) is 5.99. The number of aryl methyl sites for hydroxylation is 3. The Morgan fingerprint density at radius 1 is 0.872 bits per heavy atom. The number of nitrogens with zero attached hydrogens (tertiary/aromatic N) is 2. The number of hydrogen-bond acceptors (Lipinski definition) is 4. The number of carbonyl (C=O) groups is 2. The Bertz CT molecular complexity index is 1370. The van der Waals surface area contributed by atoms with E-state index < -0.39 is 28.5 Å². The summed E-state index contributed by atoms with van der Waals surface area (Å²) >= 11 is 0. The molecule has 0 bridgehead atoms. The molecule has 3 aromatic rings. The summed E-state index contributed by atoms with van der Waals surface area (Å²) in [6, 6.07) is 20.6. The van der Waals surface area contributed by atoms with Crippen LogP contribution in [0.3, 0.4) is 0 Å². The molecule has 0 aliphatic rings. The average molecular weight is 550 g/mol. The smallest absolute Gasteiger partial charge is 0.264 e. The Hall–Kier alpha value is -3.65. The van der Waals surface area contributed by atoms with Crippen LogP contribution in [-0.2, 0) is 26.2 Å². The van der Waals surface area contributed by atoms with Gasteiger partial charge in [-0.3, -0.25) is 13.9 Å². The molecule has 3 rings (SSSR count).